The van der Waals surface area contributed by atoms with Gasteiger partial charge in [-0.25, -0.2) is 8.78 Å². The predicted molar refractivity (Wildman–Crippen MR) is 124 cm³/mol. The summed E-state index contributed by atoms with van der Waals surface area (Å²) in [7, 11) is 0. The van der Waals surface area contributed by atoms with Gasteiger partial charge in [-0.2, -0.15) is 0 Å². The monoisotopic (exact) mass is 461 g/mol. The summed E-state index contributed by atoms with van der Waals surface area (Å²) in [4.78, 5) is 41.0. The number of halogens is 2. The molecule has 3 amide bonds. The van der Waals surface area contributed by atoms with E-state index in [4.69, 9.17) is 0 Å². The van der Waals surface area contributed by atoms with Crippen LogP contribution in [0.3, 0.4) is 0 Å². The number of anilines is 3. The molecule has 0 bridgehead atoms. The number of para-hydroxylation sites is 1. The van der Waals surface area contributed by atoms with Gasteiger partial charge in [0.2, 0.25) is 11.8 Å². The zero-order chi connectivity index (χ0) is 23.8. The molecular weight excluding hydrogens is 440 g/mol. The summed E-state index contributed by atoms with van der Waals surface area (Å²) in [5.41, 5.74) is 3.14. The van der Waals surface area contributed by atoms with Gasteiger partial charge in [-0.05, 0) is 54.4 Å². The lowest BCUT2D eigenvalue weighted by Gasteiger charge is -2.18. The second-order valence-corrected chi connectivity index (χ2v) is 8.44. The van der Waals surface area contributed by atoms with Gasteiger partial charge in [0.15, 0.2) is 0 Å². The van der Waals surface area contributed by atoms with Crippen LogP contribution in [0.1, 0.15) is 22.3 Å². The molecule has 2 aliphatic heterocycles. The van der Waals surface area contributed by atoms with Crippen molar-refractivity contribution in [1.29, 1.82) is 0 Å². The van der Waals surface area contributed by atoms with Crippen LogP contribution >= 0.6 is 0 Å². The number of carbonyl (C=O) groups excluding carboxylic acids is 3. The van der Waals surface area contributed by atoms with Gasteiger partial charge in [0.25, 0.3) is 5.91 Å². The lowest BCUT2D eigenvalue weighted by molar-refractivity contribution is -0.122. The number of hydrogen-bond donors (Lipinski definition) is 1. The fourth-order valence-electron chi connectivity index (χ4n) is 4.47. The largest absolute Gasteiger partial charge is 0.326 e. The second kappa shape index (κ2) is 8.70. The SMILES string of the molecule is O=C(Nc1ccc(C(=O)N2CCc3ccccc32)cc1)C1CC(=O)N(c2cc(F)cc(F)c2)C1. The van der Waals surface area contributed by atoms with Gasteiger partial charge in [-0.15, -0.1) is 0 Å². The Morgan fingerprint density at radius 1 is 0.941 bits per heavy atom. The average Bonchev–Trinajstić information content (AvgIpc) is 3.42. The fourth-order valence-corrected chi connectivity index (χ4v) is 4.47. The first kappa shape index (κ1) is 21.8. The van der Waals surface area contributed by atoms with Crippen LogP contribution in [0.2, 0.25) is 0 Å². The number of nitrogens with one attached hydrogen (secondary N) is 1. The number of amides is 3. The van der Waals surface area contributed by atoms with E-state index in [0.717, 1.165) is 35.9 Å². The molecule has 1 N–H and O–H groups in total. The van der Waals surface area contributed by atoms with E-state index >= 15 is 0 Å². The van der Waals surface area contributed by atoms with Gasteiger partial charge >= 0.3 is 0 Å². The third-order valence-electron chi connectivity index (χ3n) is 6.19. The Bertz CT molecular complexity index is 1270. The summed E-state index contributed by atoms with van der Waals surface area (Å²) in [5.74, 6) is -3.11. The van der Waals surface area contributed by atoms with Crippen LogP contribution < -0.4 is 15.1 Å². The highest BCUT2D eigenvalue weighted by molar-refractivity contribution is 6.08. The van der Waals surface area contributed by atoms with Crippen molar-refractivity contribution >= 4 is 34.8 Å². The molecule has 34 heavy (non-hydrogen) atoms. The maximum Gasteiger partial charge on any atom is 0.258 e. The van der Waals surface area contributed by atoms with Crippen molar-refractivity contribution in [1.82, 2.24) is 0 Å². The van der Waals surface area contributed by atoms with Crippen molar-refractivity contribution in [3.05, 3.63) is 89.5 Å². The summed E-state index contributed by atoms with van der Waals surface area (Å²) in [5, 5.41) is 2.76. The molecule has 2 heterocycles. The van der Waals surface area contributed by atoms with Crippen LogP contribution in [-0.2, 0) is 16.0 Å². The smallest absolute Gasteiger partial charge is 0.258 e. The second-order valence-electron chi connectivity index (χ2n) is 8.44. The van der Waals surface area contributed by atoms with Crippen LogP contribution in [-0.4, -0.2) is 30.8 Å². The van der Waals surface area contributed by atoms with E-state index in [-0.39, 0.29) is 36.4 Å². The fraction of sp³-hybridized carbons (Fsp3) is 0.192. The van der Waals surface area contributed by atoms with Gasteiger partial charge in [-0.1, -0.05) is 18.2 Å². The quantitative estimate of drug-likeness (QED) is 0.635. The first-order valence-corrected chi connectivity index (χ1v) is 11.0. The van der Waals surface area contributed by atoms with Crippen molar-refractivity contribution in [2.75, 3.05) is 28.2 Å². The Kier molecular flexibility index (Phi) is 5.57. The molecular formula is C26H21F2N3O3. The molecule has 172 valence electrons. The van der Waals surface area contributed by atoms with Gasteiger partial charge in [0, 0.05) is 48.2 Å². The first-order chi connectivity index (χ1) is 16.4. The molecule has 0 aromatic heterocycles. The van der Waals surface area contributed by atoms with Gasteiger partial charge in [0.1, 0.15) is 11.6 Å². The van der Waals surface area contributed by atoms with Crippen molar-refractivity contribution in [2.24, 2.45) is 5.92 Å². The van der Waals surface area contributed by atoms with Crippen molar-refractivity contribution in [2.45, 2.75) is 12.8 Å². The number of fused-ring (bicyclic) bond motifs is 1. The number of carbonyl (C=O) groups is 3. The summed E-state index contributed by atoms with van der Waals surface area (Å²) in [6.07, 6.45) is 0.754. The highest BCUT2D eigenvalue weighted by Gasteiger charge is 2.35. The van der Waals surface area contributed by atoms with Crippen molar-refractivity contribution < 1.29 is 23.2 Å². The first-order valence-electron chi connectivity index (χ1n) is 11.0. The average molecular weight is 461 g/mol. The molecule has 0 saturated carbocycles. The molecule has 6 nitrogen and oxygen atoms in total. The Morgan fingerprint density at radius 3 is 2.38 bits per heavy atom. The van der Waals surface area contributed by atoms with E-state index < -0.39 is 17.6 Å². The molecule has 1 saturated heterocycles. The minimum absolute atomic E-state index is 0.0263. The van der Waals surface area contributed by atoms with E-state index in [1.807, 2.05) is 24.3 Å². The number of hydrogen-bond acceptors (Lipinski definition) is 3. The van der Waals surface area contributed by atoms with Gasteiger partial charge < -0.3 is 15.1 Å². The Morgan fingerprint density at radius 2 is 1.65 bits per heavy atom. The summed E-state index contributed by atoms with van der Waals surface area (Å²) >= 11 is 0. The van der Waals surface area contributed by atoms with Crippen molar-refractivity contribution in [3.8, 4) is 0 Å². The van der Waals surface area contributed by atoms with Crippen LogP contribution in [0.15, 0.2) is 66.7 Å². The summed E-state index contributed by atoms with van der Waals surface area (Å²) in [6, 6.07) is 17.3. The number of rotatable bonds is 4. The van der Waals surface area contributed by atoms with E-state index in [2.05, 4.69) is 5.32 Å². The maximum absolute atomic E-state index is 13.5. The normalized spacial score (nSPS) is 17.1. The van der Waals surface area contributed by atoms with E-state index in [9.17, 15) is 23.2 Å². The molecule has 3 aromatic carbocycles. The summed E-state index contributed by atoms with van der Waals surface area (Å²) in [6.45, 7) is 0.649. The lowest BCUT2D eigenvalue weighted by Crippen LogP contribution is -2.29. The van der Waals surface area contributed by atoms with Gasteiger partial charge in [-0.3, -0.25) is 14.4 Å². The Hall–Kier alpha value is -4.07. The topological polar surface area (TPSA) is 69.7 Å². The van der Waals surface area contributed by atoms with E-state index in [1.54, 1.807) is 29.2 Å². The minimum atomic E-state index is -0.789. The zero-order valence-corrected chi connectivity index (χ0v) is 18.1. The highest BCUT2D eigenvalue weighted by atomic mass is 19.1. The molecule has 8 heteroatoms. The molecule has 1 unspecified atom stereocenters. The Balaban J connectivity index is 1.23. The van der Waals surface area contributed by atoms with E-state index in [0.29, 0.717) is 17.8 Å². The standard InChI is InChI=1S/C26H21F2N3O3/c27-19-12-20(28)14-22(13-19)31-15-18(11-24(31)32)25(33)29-21-7-5-17(6-8-21)26(34)30-10-9-16-3-1-2-4-23(16)30/h1-8,12-14,18H,9-11,15H2,(H,29,33). The van der Waals surface area contributed by atoms with E-state index in [1.165, 1.54) is 4.90 Å². The van der Waals surface area contributed by atoms with Crippen molar-refractivity contribution in [3.63, 3.8) is 0 Å². The Labute approximate surface area is 194 Å². The maximum atomic E-state index is 13.5. The van der Waals surface area contributed by atoms with Crippen LogP contribution in [0.4, 0.5) is 25.8 Å². The predicted octanol–water partition coefficient (Wildman–Crippen LogP) is 4.16. The number of benzene rings is 3. The third-order valence-corrected chi connectivity index (χ3v) is 6.19. The molecule has 0 radical (unpaired) electrons. The molecule has 5 rings (SSSR count). The molecule has 0 aliphatic carbocycles. The molecule has 2 aliphatic rings. The molecule has 3 aromatic rings. The minimum Gasteiger partial charge on any atom is -0.326 e. The molecule has 0 spiro atoms. The third kappa shape index (κ3) is 4.14. The molecule has 1 atom stereocenters. The number of nitrogens with zero attached hydrogens (tertiary/aromatic N) is 2. The zero-order valence-electron chi connectivity index (χ0n) is 18.1. The van der Waals surface area contributed by atoms with Crippen LogP contribution in [0.25, 0.3) is 0 Å². The van der Waals surface area contributed by atoms with Crippen LogP contribution in [0.5, 0.6) is 0 Å². The molecule has 1 fully saturated rings. The van der Waals surface area contributed by atoms with Crippen LogP contribution in [0, 0.1) is 17.6 Å². The summed E-state index contributed by atoms with van der Waals surface area (Å²) < 4.78 is 27.1. The highest BCUT2D eigenvalue weighted by Crippen LogP contribution is 2.30. The lowest BCUT2D eigenvalue weighted by atomic mass is 10.1. The van der Waals surface area contributed by atoms with Gasteiger partial charge in [0.05, 0.1) is 5.92 Å².